The van der Waals surface area contributed by atoms with Crippen molar-refractivity contribution in [3.63, 3.8) is 0 Å². The topological polar surface area (TPSA) is 105 Å². The van der Waals surface area contributed by atoms with E-state index in [0.717, 1.165) is 28.1 Å². The normalized spacial score (nSPS) is 15.7. The van der Waals surface area contributed by atoms with E-state index >= 15 is 0 Å². The molecule has 0 radical (unpaired) electrons. The van der Waals surface area contributed by atoms with Crippen LogP contribution in [0.2, 0.25) is 10.0 Å². The van der Waals surface area contributed by atoms with E-state index in [1.165, 1.54) is 0 Å². The van der Waals surface area contributed by atoms with Crippen molar-refractivity contribution in [3.8, 4) is 11.8 Å². The second-order valence-corrected chi connectivity index (χ2v) is 10.2. The summed E-state index contributed by atoms with van der Waals surface area (Å²) in [6.07, 6.45) is -2.12. The summed E-state index contributed by atoms with van der Waals surface area (Å²) in [5, 5.41) is 12.6. The first-order valence-corrected chi connectivity index (χ1v) is 11.1. The van der Waals surface area contributed by atoms with Crippen LogP contribution < -0.4 is 10.0 Å². The van der Waals surface area contributed by atoms with Gasteiger partial charge in [0.05, 0.1) is 21.9 Å². The average Bonchev–Trinajstić information content (AvgIpc) is 3.24. The number of nitrogens with zero attached hydrogens (tertiary/aromatic N) is 4. The van der Waals surface area contributed by atoms with Gasteiger partial charge in [-0.2, -0.15) is 23.5 Å². The van der Waals surface area contributed by atoms with Crippen molar-refractivity contribution in [2.24, 2.45) is 5.41 Å². The average molecular weight is 482 g/mol. The standard InChI is InChI=1S/C17H16Cl2F3N5O2S/c1-16(3-4-16)8-26(30(2,28)29)14-12(7-23)25-27(15(14)24)13-10(18)5-9(6-11(13)19)17(20,21)22/h5-6H,3-4,8,24H2,1-2H3. The molecule has 1 aromatic heterocycles. The predicted octanol–water partition coefficient (Wildman–Crippen LogP) is 4.22. The van der Waals surface area contributed by atoms with Crippen LogP contribution in [0.5, 0.6) is 0 Å². The lowest BCUT2D eigenvalue weighted by Crippen LogP contribution is -2.35. The van der Waals surface area contributed by atoms with Gasteiger partial charge in [0.2, 0.25) is 10.0 Å². The molecule has 0 bridgehead atoms. The van der Waals surface area contributed by atoms with E-state index in [1.54, 1.807) is 6.07 Å². The molecule has 1 aromatic carbocycles. The molecule has 1 heterocycles. The molecule has 7 nitrogen and oxygen atoms in total. The Morgan fingerprint density at radius 2 is 1.87 bits per heavy atom. The van der Waals surface area contributed by atoms with E-state index in [-0.39, 0.29) is 34.8 Å². The van der Waals surface area contributed by atoms with Crippen LogP contribution in [-0.2, 0) is 16.2 Å². The van der Waals surface area contributed by atoms with Gasteiger partial charge in [0.25, 0.3) is 0 Å². The number of hydrogen-bond donors (Lipinski definition) is 1. The van der Waals surface area contributed by atoms with E-state index in [9.17, 15) is 26.9 Å². The summed E-state index contributed by atoms with van der Waals surface area (Å²) in [6, 6.07) is 3.07. The number of rotatable bonds is 5. The monoisotopic (exact) mass is 481 g/mol. The van der Waals surface area contributed by atoms with Crippen LogP contribution in [0, 0.1) is 16.7 Å². The fourth-order valence-electron chi connectivity index (χ4n) is 2.93. The molecule has 1 aliphatic carbocycles. The molecule has 162 valence electrons. The lowest BCUT2D eigenvalue weighted by atomic mass is 10.1. The number of nitrogen functional groups attached to an aromatic ring is 1. The zero-order valence-corrected chi connectivity index (χ0v) is 18.1. The molecule has 2 N–H and O–H groups in total. The van der Waals surface area contributed by atoms with Gasteiger partial charge in [0.15, 0.2) is 11.5 Å². The Kier molecular flexibility index (Phi) is 5.42. The maximum absolute atomic E-state index is 13.0. The Labute approximate surface area is 180 Å². The van der Waals surface area contributed by atoms with Crippen molar-refractivity contribution in [2.45, 2.75) is 25.9 Å². The summed E-state index contributed by atoms with van der Waals surface area (Å²) in [5.41, 5.74) is 4.08. The van der Waals surface area contributed by atoms with Gasteiger partial charge in [-0.3, -0.25) is 4.31 Å². The third kappa shape index (κ3) is 4.17. The van der Waals surface area contributed by atoms with Gasteiger partial charge in [-0.15, -0.1) is 0 Å². The molecule has 1 saturated carbocycles. The maximum Gasteiger partial charge on any atom is 0.416 e. The molecule has 30 heavy (non-hydrogen) atoms. The molecule has 0 aliphatic heterocycles. The summed E-state index contributed by atoms with van der Waals surface area (Å²) in [6.45, 7) is 1.96. The van der Waals surface area contributed by atoms with Crippen molar-refractivity contribution < 1.29 is 21.6 Å². The zero-order valence-electron chi connectivity index (χ0n) is 15.8. The van der Waals surface area contributed by atoms with Gasteiger partial charge in [0.1, 0.15) is 17.4 Å². The highest BCUT2D eigenvalue weighted by Gasteiger charge is 2.43. The molecule has 3 rings (SSSR count). The van der Waals surface area contributed by atoms with Crippen molar-refractivity contribution in [3.05, 3.63) is 33.4 Å². The third-order valence-corrected chi connectivity index (χ3v) is 6.52. The first kappa shape index (κ1) is 22.5. The second kappa shape index (κ2) is 7.21. The number of aromatic nitrogens is 2. The Balaban J connectivity index is 2.21. The summed E-state index contributed by atoms with van der Waals surface area (Å²) in [4.78, 5) is 0. The fraction of sp³-hybridized carbons (Fsp3) is 0.412. The molecular formula is C17H16Cl2F3N5O2S. The Morgan fingerprint density at radius 3 is 2.27 bits per heavy atom. The first-order chi connectivity index (χ1) is 13.7. The molecule has 0 saturated heterocycles. The maximum atomic E-state index is 13.0. The predicted molar refractivity (Wildman–Crippen MR) is 107 cm³/mol. The smallest absolute Gasteiger partial charge is 0.382 e. The van der Waals surface area contributed by atoms with Gasteiger partial charge in [-0.1, -0.05) is 30.1 Å². The minimum atomic E-state index is -4.68. The molecule has 2 aromatic rings. The minimum absolute atomic E-state index is 0.0743. The number of anilines is 2. The van der Waals surface area contributed by atoms with Gasteiger partial charge in [-0.05, 0) is 30.4 Å². The van der Waals surface area contributed by atoms with Gasteiger partial charge in [-0.25, -0.2) is 13.1 Å². The van der Waals surface area contributed by atoms with Crippen molar-refractivity contribution in [1.29, 1.82) is 5.26 Å². The lowest BCUT2D eigenvalue weighted by molar-refractivity contribution is -0.137. The molecular weight excluding hydrogens is 466 g/mol. The van der Waals surface area contributed by atoms with Crippen molar-refractivity contribution in [2.75, 3.05) is 22.8 Å². The molecule has 0 unspecified atom stereocenters. The van der Waals surface area contributed by atoms with Crippen LogP contribution in [0.25, 0.3) is 5.69 Å². The van der Waals surface area contributed by atoms with Crippen LogP contribution in [0.4, 0.5) is 24.7 Å². The van der Waals surface area contributed by atoms with Crippen LogP contribution in [0.1, 0.15) is 31.0 Å². The number of nitriles is 1. The number of nitrogens with two attached hydrogens (primary N) is 1. The number of benzene rings is 1. The van der Waals surface area contributed by atoms with Crippen molar-refractivity contribution >= 4 is 44.7 Å². The number of alkyl halides is 3. The molecule has 1 aliphatic rings. The summed E-state index contributed by atoms with van der Waals surface area (Å²) < 4.78 is 65.8. The van der Waals surface area contributed by atoms with Gasteiger partial charge in [0, 0.05) is 6.54 Å². The zero-order chi connectivity index (χ0) is 22.6. The number of halogens is 5. The number of hydrogen-bond acceptors (Lipinski definition) is 5. The second-order valence-electron chi connectivity index (χ2n) is 7.47. The SMILES string of the molecule is CC1(CN(c2c(C#N)nn(-c3c(Cl)cc(C(F)(F)F)cc3Cl)c2N)S(C)(=O)=O)CC1. The summed E-state index contributed by atoms with van der Waals surface area (Å²) in [5.74, 6) is -0.287. The fourth-order valence-corrected chi connectivity index (χ4v) is 4.63. The van der Waals surface area contributed by atoms with E-state index in [1.807, 2.05) is 6.92 Å². The molecule has 13 heteroatoms. The molecule has 0 spiro atoms. The van der Waals surface area contributed by atoms with Gasteiger partial charge < -0.3 is 5.73 Å². The first-order valence-electron chi connectivity index (χ1n) is 8.51. The van der Waals surface area contributed by atoms with E-state index in [2.05, 4.69) is 5.10 Å². The highest BCUT2D eigenvalue weighted by molar-refractivity contribution is 7.92. The van der Waals surface area contributed by atoms with Crippen molar-refractivity contribution in [1.82, 2.24) is 9.78 Å². The van der Waals surface area contributed by atoms with E-state index in [0.29, 0.717) is 12.1 Å². The highest BCUT2D eigenvalue weighted by atomic mass is 35.5. The summed E-state index contributed by atoms with van der Waals surface area (Å²) >= 11 is 12.0. The quantitative estimate of drug-likeness (QED) is 0.687. The summed E-state index contributed by atoms with van der Waals surface area (Å²) in [7, 11) is -3.85. The highest BCUT2D eigenvalue weighted by Crippen LogP contribution is 2.48. The van der Waals surface area contributed by atoms with Crippen LogP contribution >= 0.6 is 23.2 Å². The van der Waals surface area contributed by atoms with Gasteiger partial charge >= 0.3 is 6.18 Å². The molecule has 0 amide bonds. The largest absolute Gasteiger partial charge is 0.416 e. The van der Waals surface area contributed by atoms with E-state index < -0.39 is 31.8 Å². The Bertz CT molecular complexity index is 1140. The molecule has 1 fully saturated rings. The van der Waals surface area contributed by atoms with Crippen LogP contribution in [-0.4, -0.2) is 31.0 Å². The Hall–Kier alpha value is -2.16. The molecule has 0 atom stereocenters. The van der Waals surface area contributed by atoms with Crippen LogP contribution in [0.3, 0.4) is 0 Å². The van der Waals surface area contributed by atoms with Crippen LogP contribution in [0.15, 0.2) is 12.1 Å². The van der Waals surface area contributed by atoms with E-state index in [4.69, 9.17) is 28.9 Å². The lowest BCUT2D eigenvalue weighted by Gasteiger charge is -2.25. The number of sulfonamides is 1. The third-order valence-electron chi connectivity index (χ3n) is 4.84. The minimum Gasteiger partial charge on any atom is -0.382 e. The Morgan fingerprint density at radius 1 is 1.33 bits per heavy atom.